The highest BCUT2D eigenvalue weighted by Crippen LogP contribution is 2.31. The Morgan fingerprint density at radius 3 is 2.62 bits per heavy atom. The predicted molar refractivity (Wildman–Crippen MR) is 116 cm³/mol. The number of hydrogen-bond acceptors (Lipinski definition) is 4. The first-order chi connectivity index (χ1) is 14.2. The molecule has 0 bridgehead atoms. The van der Waals surface area contributed by atoms with Crippen molar-refractivity contribution in [2.45, 2.75) is 17.9 Å². The predicted octanol–water partition coefficient (Wildman–Crippen LogP) is 4.95. The van der Waals surface area contributed by atoms with Gasteiger partial charge in [-0.05, 0) is 48.0 Å². The van der Waals surface area contributed by atoms with Crippen LogP contribution in [0.4, 0.5) is 11.4 Å². The largest absolute Gasteiger partial charge is 0.489 e. The number of amides is 2. The van der Waals surface area contributed by atoms with Crippen LogP contribution in [0, 0.1) is 0 Å². The third-order valence-corrected chi connectivity index (χ3v) is 5.54. The Hall–Kier alpha value is -3.25. The van der Waals surface area contributed by atoms with Gasteiger partial charge in [-0.1, -0.05) is 30.3 Å². The average Bonchev–Trinajstić information content (AvgIpc) is 2.93. The minimum atomic E-state index is -0.228. The Labute approximate surface area is 173 Å². The fraction of sp³-hybridized carbons (Fsp3) is 0.130. The van der Waals surface area contributed by atoms with Gasteiger partial charge in [0, 0.05) is 28.3 Å². The summed E-state index contributed by atoms with van der Waals surface area (Å²) in [6.07, 6.45) is 0.472. The lowest BCUT2D eigenvalue weighted by atomic mass is 10.1. The molecule has 0 aliphatic carbocycles. The summed E-state index contributed by atoms with van der Waals surface area (Å²) in [5, 5.41) is 5.74. The van der Waals surface area contributed by atoms with Crippen LogP contribution >= 0.6 is 11.8 Å². The molecule has 29 heavy (non-hydrogen) atoms. The number of nitrogens with one attached hydrogen (secondary N) is 2. The molecule has 6 heteroatoms. The summed E-state index contributed by atoms with van der Waals surface area (Å²) in [7, 11) is 0. The molecule has 0 fully saturated rings. The topological polar surface area (TPSA) is 67.4 Å². The molecular weight excluding hydrogens is 384 g/mol. The van der Waals surface area contributed by atoms with E-state index in [0.717, 1.165) is 22.0 Å². The molecule has 1 aliphatic rings. The highest BCUT2D eigenvalue weighted by atomic mass is 32.2. The van der Waals surface area contributed by atoms with E-state index in [-0.39, 0.29) is 11.8 Å². The lowest BCUT2D eigenvalue weighted by Crippen LogP contribution is -2.14. The Morgan fingerprint density at radius 2 is 1.83 bits per heavy atom. The molecule has 0 spiro atoms. The van der Waals surface area contributed by atoms with Crippen LogP contribution in [0.25, 0.3) is 0 Å². The maximum absolute atomic E-state index is 12.6. The third-order valence-electron chi connectivity index (χ3n) is 4.46. The average molecular weight is 404 g/mol. The van der Waals surface area contributed by atoms with Crippen LogP contribution in [0.5, 0.6) is 5.75 Å². The number of ether oxygens (including phenoxy) is 1. The Kier molecular flexibility index (Phi) is 5.81. The first-order valence-corrected chi connectivity index (χ1v) is 10.3. The normalized spacial score (nSPS) is 13.0. The second-order valence-corrected chi connectivity index (χ2v) is 7.75. The number of fused-ring (bicyclic) bond motifs is 1. The molecule has 5 nitrogen and oxygen atoms in total. The quantitative estimate of drug-likeness (QED) is 0.631. The van der Waals surface area contributed by atoms with Gasteiger partial charge in [0.1, 0.15) is 12.4 Å². The van der Waals surface area contributed by atoms with E-state index in [1.807, 2.05) is 48.5 Å². The summed E-state index contributed by atoms with van der Waals surface area (Å²) in [6, 6.07) is 22.6. The number of thioether (sulfide) groups is 1. The van der Waals surface area contributed by atoms with Gasteiger partial charge in [-0.3, -0.25) is 9.59 Å². The summed E-state index contributed by atoms with van der Waals surface area (Å²) in [4.78, 5) is 25.3. The Balaban J connectivity index is 1.39. The first kappa shape index (κ1) is 19.1. The number of rotatable bonds is 5. The van der Waals surface area contributed by atoms with Gasteiger partial charge in [0.25, 0.3) is 5.91 Å². The summed E-state index contributed by atoms with van der Waals surface area (Å²) in [5.41, 5.74) is 2.96. The number of carbonyl (C=O) groups is 2. The highest BCUT2D eigenvalue weighted by Gasteiger charge is 2.16. The zero-order valence-corrected chi connectivity index (χ0v) is 16.5. The van der Waals surface area contributed by atoms with E-state index in [2.05, 4.69) is 10.6 Å². The van der Waals surface area contributed by atoms with Crippen molar-refractivity contribution in [3.8, 4) is 5.75 Å². The molecule has 146 valence electrons. The van der Waals surface area contributed by atoms with Crippen LogP contribution in [0.15, 0.2) is 77.7 Å². The van der Waals surface area contributed by atoms with E-state index in [1.165, 1.54) is 0 Å². The lowest BCUT2D eigenvalue weighted by Gasteiger charge is -2.11. The zero-order chi connectivity index (χ0) is 20.1. The van der Waals surface area contributed by atoms with Crippen LogP contribution in [0.1, 0.15) is 22.3 Å². The molecule has 0 saturated carbocycles. The molecule has 4 rings (SSSR count). The van der Waals surface area contributed by atoms with Crippen molar-refractivity contribution in [3.05, 3.63) is 83.9 Å². The second kappa shape index (κ2) is 8.84. The zero-order valence-electron chi connectivity index (χ0n) is 15.7. The molecule has 3 aromatic carbocycles. The van der Waals surface area contributed by atoms with Crippen LogP contribution in [0.3, 0.4) is 0 Å². The maximum atomic E-state index is 12.6. The maximum Gasteiger partial charge on any atom is 0.255 e. The van der Waals surface area contributed by atoms with Crippen molar-refractivity contribution in [2.75, 3.05) is 16.4 Å². The Morgan fingerprint density at radius 1 is 1.03 bits per heavy atom. The SMILES string of the molecule is O=C1CCSc2ccc(C(=O)Nc3ccc(OCc4ccccc4)cc3)cc2N1. The summed E-state index contributed by atoms with van der Waals surface area (Å²) in [6.45, 7) is 0.491. The molecule has 1 heterocycles. The van der Waals surface area contributed by atoms with E-state index >= 15 is 0 Å². The summed E-state index contributed by atoms with van der Waals surface area (Å²) < 4.78 is 5.77. The van der Waals surface area contributed by atoms with Crippen molar-refractivity contribution in [3.63, 3.8) is 0 Å². The molecule has 0 atom stereocenters. The van der Waals surface area contributed by atoms with Crippen molar-refractivity contribution in [2.24, 2.45) is 0 Å². The van der Waals surface area contributed by atoms with Gasteiger partial charge in [0.05, 0.1) is 5.69 Å². The van der Waals surface area contributed by atoms with Crippen LogP contribution in [-0.4, -0.2) is 17.6 Å². The van der Waals surface area contributed by atoms with E-state index in [1.54, 1.807) is 36.0 Å². The lowest BCUT2D eigenvalue weighted by molar-refractivity contribution is -0.115. The number of anilines is 2. The van der Waals surface area contributed by atoms with Crippen LogP contribution < -0.4 is 15.4 Å². The fourth-order valence-corrected chi connectivity index (χ4v) is 3.88. The molecule has 3 aromatic rings. The Bertz CT molecular complexity index is 1020. The standard InChI is InChI=1S/C23H20N2O3S/c26-22-12-13-29-21-11-6-17(14-20(21)25-22)23(27)24-18-7-9-19(10-8-18)28-15-16-4-2-1-3-5-16/h1-11,14H,12-13,15H2,(H,24,27)(H,25,26). The molecule has 2 N–H and O–H groups in total. The van der Waals surface area contributed by atoms with E-state index in [9.17, 15) is 9.59 Å². The van der Waals surface area contributed by atoms with Gasteiger partial charge < -0.3 is 15.4 Å². The molecule has 0 saturated heterocycles. The van der Waals surface area contributed by atoms with Gasteiger partial charge in [-0.2, -0.15) is 0 Å². The van der Waals surface area contributed by atoms with Gasteiger partial charge >= 0.3 is 0 Å². The van der Waals surface area contributed by atoms with E-state index < -0.39 is 0 Å². The van der Waals surface area contributed by atoms with Crippen LogP contribution in [0.2, 0.25) is 0 Å². The van der Waals surface area contributed by atoms with Crippen molar-refractivity contribution < 1.29 is 14.3 Å². The minimum Gasteiger partial charge on any atom is -0.489 e. The third kappa shape index (κ3) is 4.97. The highest BCUT2D eigenvalue weighted by molar-refractivity contribution is 7.99. The molecule has 0 radical (unpaired) electrons. The monoisotopic (exact) mass is 404 g/mol. The number of carbonyl (C=O) groups excluding carboxylic acids is 2. The molecule has 2 amide bonds. The number of hydrogen-bond donors (Lipinski definition) is 2. The summed E-state index contributed by atoms with van der Waals surface area (Å²) >= 11 is 1.61. The fourth-order valence-electron chi connectivity index (χ4n) is 2.94. The first-order valence-electron chi connectivity index (χ1n) is 9.32. The van der Waals surface area contributed by atoms with Crippen molar-refractivity contribution in [1.82, 2.24) is 0 Å². The minimum absolute atomic E-state index is 0.0279. The molecule has 1 aliphatic heterocycles. The van der Waals surface area contributed by atoms with Gasteiger partial charge in [0.15, 0.2) is 0 Å². The van der Waals surface area contributed by atoms with Gasteiger partial charge in [-0.15, -0.1) is 11.8 Å². The van der Waals surface area contributed by atoms with Gasteiger partial charge in [-0.25, -0.2) is 0 Å². The molecular formula is C23H20N2O3S. The number of benzene rings is 3. The van der Waals surface area contributed by atoms with Gasteiger partial charge in [0.2, 0.25) is 5.91 Å². The second-order valence-electron chi connectivity index (χ2n) is 6.61. The smallest absolute Gasteiger partial charge is 0.255 e. The van der Waals surface area contributed by atoms with Crippen molar-refractivity contribution in [1.29, 1.82) is 0 Å². The van der Waals surface area contributed by atoms with Crippen molar-refractivity contribution >= 4 is 35.0 Å². The van der Waals surface area contributed by atoms with Crippen LogP contribution in [-0.2, 0) is 11.4 Å². The summed E-state index contributed by atoms with van der Waals surface area (Å²) in [5.74, 6) is 1.22. The molecule has 0 unspecified atom stereocenters. The van der Waals surface area contributed by atoms with E-state index in [0.29, 0.717) is 30.0 Å². The molecule has 0 aromatic heterocycles. The van der Waals surface area contributed by atoms with E-state index in [4.69, 9.17) is 4.74 Å².